The molecule has 0 aliphatic rings. The molecule has 0 aliphatic heterocycles. The summed E-state index contributed by atoms with van der Waals surface area (Å²) in [6, 6.07) is 3.99. The number of hydrogen-bond acceptors (Lipinski definition) is 3. The third-order valence-corrected chi connectivity index (χ3v) is 1.82. The monoisotopic (exact) mass is 159 g/mol. The van der Waals surface area contributed by atoms with E-state index < -0.39 is 0 Å². The van der Waals surface area contributed by atoms with Gasteiger partial charge in [0.2, 0.25) is 0 Å². The van der Waals surface area contributed by atoms with Gasteiger partial charge in [-0.2, -0.15) is 5.10 Å². The van der Waals surface area contributed by atoms with Crippen molar-refractivity contribution in [1.29, 1.82) is 0 Å². The Bertz CT molecular complexity index is 398. The smallest absolute Gasteiger partial charge is 0.111 e. The fraction of sp³-hybridized carbons (Fsp3) is 0.222. The minimum atomic E-state index is 0.856. The molecule has 0 aliphatic carbocycles. The first-order valence-corrected chi connectivity index (χ1v) is 3.96. The summed E-state index contributed by atoms with van der Waals surface area (Å²) in [5, 5.41) is 8.83. The summed E-state index contributed by atoms with van der Waals surface area (Å²) in [6.07, 6.45) is 4.42. The van der Waals surface area contributed by atoms with Gasteiger partial charge in [0.25, 0.3) is 0 Å². The summed E-state index contributed by atoms with van der Waals surface area (Å²) in [4.78, 5) is 4.22. The lowest BCUT2D eigenvalue weighted by Crippen LogP contribution is -1.88. The van der Waals surface area contributed by atoms with Crippen LogP contribution in [0.4, 0.5) is 0 Å². The van der Waals surface area contributed by atoms with E-state index in [-0.39, 0.29) is 0 Å². The Balaban J connectivity index is 2.67. The van der Waals surface area contributed by atoms with Crippen molar-refractivity contribution in [2.24, 2.45) is 0 Å². The lowest BCUT2D eigenvalue weighted by Gasteiger charge is -1.97. The summed E-state index contributed by atoms with van der Waals surface area (Å²) in [5.41, 5.74) is 1.95. The number of fused-ring (bicyclic) bond motifs is 1. The van der Waals surface area contributed by atoms with Crippen molar-refractivity contribution in [2.75, 3.05) is 0 Å². The summed E-state index contributed by atoms with van der Waals surface area (Å²) in [6.45, 7) is 2.09. The molecule has 3 nitrogen and oxygen atoms in total. The molecule has 12 heavy (non-hydrogen) atoms. The fourth-order valence-electron chi connectivity index (χ4n) is 1.13. The average Bonchev–Trinajstić information content (AvgIpc) is 2.17. The van der Waals surface area contributed by atoms with Crippen molar-refractivity contribution >= 4 is 10.9 Å². The normalized spacial score (nSPS) is 10.4. The Labute approximate surface area is 70.5 Å². The van der Waals surface area contributed by atoms with Crippen LogP contribution in [0.25, 0.3) is 10.9 Å². The molecule has 0 saturated heterocycles. The van der Waals surface area contributed by atoms with E-state index in [9.17, 15) is 0 Å². The maximum atomic E-state index is 4.22. The van der Waals surface area contributed by atoms with Crippen molar-refractivity contribution in [3.05, 3.63) is 30.2 Å². The second-order valence-electron chi connectivity index (χ2n) is 2.62. The van der Waals surface area contributed by atoms with Gasteiger partial charge in [0.15, 0.2) is 0 Å². The molecular weight excluding hydrogens is 150 g/mol. The molecule has 0 saturated carbocycles. The molecule has 0 radical (unpaired) electrons. The van der Waals surface area contributed by atoms with Crippen molar-refractivity contribution in [2.45, 2.75) is 13.3 Å². The Hall–Kier alpha value is -1.51. The summed E-state index contributed by atoms with van der Waals surface area (Å²) in [5.74, 6) is 0. The average molecular weight is 159 g/mol. The Morgan fingerprint density at radius 3 is 3.17 bits per heavy atom. The van der Waals surface area contributed by atoms with Crippen LogP contribution in [0.15, 0.2) is 24.5 Å². The van der Waals surface area contributed by atoms with Gasteiger partial charge < -0.3 is 0 Å². The predicted molar refractivity (Wildman–Crippen MR) is 46.7 cm³/mol. The van der Waals surface area contributed by atoms with Gasteiger partial charge in [0, 0.05) is 11.1 Å². The molecule has 0 atom stereocenters. The molecule has 2 aromatic heterocycles. The summed E-state index contributed by atoms with van der Waals surface area (Å²) < 4.78 is 0. The van der Waals surface area contributed by atoms with Gasteiger partial charge in [-0.3, -0.25) is 4.98 Å². The highest BCUT2D eigenvalue weighted by Gasteiger charge is 1.95. The molecule has 0 unspecified atom stereocenters. The van der Waals surface area contributed by atoms with E-state index in [1.807, 2.05) is 12.1 Å². The molecule has 60 valence electrons. The first-order chi connectivity index (χ1) is 5.90. The van der Waals surface area contributed by atoms with Crippen molar-refractivity contribution in [3.8, 4) is 0 Å². The Morgan fingerprint density at radius 2 is 2.33 bits per heavy atom. The zero-order valence-electron chi connectivity index (χ0n) is 6.86. The van der Waals surface area contributed by atoms with Crippen molar-refractivity contribution in [3.63, 3.8) is 0 Å². The standard InChI is InChI=1S/C9H9N3/c1-2-8-5-7-3-4-11-12-9(7)6-10-8/h3-6H,2H2,1H3. The lowest BCUT2D eigenvalue weighted by atomic mass is 10.2. The van der Waals surface area contributed by atoms with Crippen LogP contribution in [0.1, 0.15) is 12.6 Å². The summed E-state index contributed by atoms with van der Waals surface area (Å²) in [7, 11) is 0. The molecule has 0 fully saturated rings. The van der Waals surface area contributed by atoms with Crippen molar-refractivity contribution < 1.29 is 0 Å². The third-order valence-electron chi connectivity index (χ3n) is 1.82. The zero-order chi connectivity index (χ0) is 8.39. The molecule has 2 rings (SSSR count). The number of rotatable bonds is 1. The van der Waals surface area contributed by atoms with Crippen LogP contribution in [0.5, 0.6) is 0 Å². The topological polar surface area (TPSA) is 38.7 Å². The van der Waals surface area contributed by atoms with Gasteiger partial charge in [-0.05, 0) is 18.6 Å². The van der Waals surface area contributed by atoms with Gasteiger partial charge in [-0.15, -0.1) is 5.10 Å². The quantitative estimate of drug-likeness (QED) is 0.634. The predicted octanol–water partition coefficient (Wildman–Crippen LogP) is 1.59. The Kier molecular flexibility index (Phi) is 1.70. The van der Waals surface area contributed by atoms with Crippen LogP contribution in [0.2, 0.25) is 0 Å². The molecule has 2 aromatic rings. The van der Waals surface area contributed by atoms with Crippen LogP contribution in [-0.4, -0.2) is 15.2 Å². The molecule has 0 aromatic carbocycles. The van der Waals surface area contributed by atoms with Crippen LogP contribution in [0, 0.1) is 0 Å². The first kappa shape index (κ1) is 7.16. The minimum Gasteiger partial charge on any atom is -0.259 e. The fourth-order valence-corrected chi connectivity index (χ4v) is 1.13. The number of aryl methyl sites for hydroxylation is 1. The SMILES string of the molecule is CCc1cc2ccnnc2cn1. The van der Waals surface area contributed by atoms with E-state index in [2.05, 4.69) is 22.1 Å². The van der Waals surface area contributed by atoms with Crippen LogP contribution < -0.4 is 0 Å². The van der Waals surface area contributed by atoms with Gasteiger partial charge in [-0.1, -0.05) is 6.92 Å². The zero-order valence-corrected chi connectivity index (χ0v) is 6.86. The summed E-state index contributed by atoms with van der Waals surface area (Å²) >= 11 is 0. The number of nitrogens with zero attached hydrogens (tertiary/aromatic N) is 3. The third kappa shape index (κ3) is 1.13. The second-order valence-corrected chi connectivity index (χ2v) is 2.62. The van der Waals surface area contributed by atoms with Crippen LogP contribution in [0.3, 0.4) is 0 Å². The lowest BCUT2D eigenvalue weighted by molar-refractivity contribution is 1.02. The van der Waals surface area contributed by atoms with E-state index in [4.69, 9.17) is 0 Å². The van der Waals surface area contributed by atoms with Gasteiger partial charge in [0.05, 0.1) is 12.4 Å². The number of pyridine rings is 1. The number of hydrogen-bond donors (Lipinski definition) is 0. The molecule has 0 bridgehead atoms. The minimum absolute atomic E-state index is 0.856. The maximum Gasteiger partial charge on any atom is 0.111 e. The molecular formula is C9H9N3. The highest BCUT2D eigenvalue weighted by atomic mass is 15.1. The van der Waals surface area contributed by atoms with Crippen LogP contribution in [-0.2, 0) is 6.42 Å². The second kappa shape index (κ2) is 2.85. The molecule has 2 heterocycles. The van der Waals surface area contributed by atoms with E-state index in [1.54, 1.807) is 12.4 Å². The van der Waals surface area contributed by atoms with Gasteiger partial charge in [0.1, 0.15) is 5.52 Å². The molecule has 3 heteroatoms. The van der Waals surface area contributed by atoms with E-state index in [0.29, 0.717) is 0 Å². The van der Waals surface area contributed by atoms with Crippen molar-refractivity contribution in [1.82, 2.24) is 15.2 Å². The molecule has 0 spiro atoms. The molecule has 0 N–H and O–H groups in total. The maximum absolute atomic E-state index is 4.22. The van der Waals surface area contributed by atoms with E-state index in [1.165, 1.54) is 0 Å². The highest BCUT2D eigenvalue weighted by Crippen LogP contribution is 2.09. The number of aromatic nitrogens is 3. The largest absolute Gasteiger partial charge is 0.259 e. The Morgan fingerprint density at radius 1 is 1.42 bits per heavy atom. The van der Waals surface area contributed by atoms with Gasteiger partial charge in [-0.25, -0.2) is 0 Å². The van der Waals surface area contributed by atoms with Crippen LogP contribution >= 0.6 is 0 Å². The van der Waals surface area contributed by atoms with E-state index in [0.717, 1.165) is 23.0 Å². The van der Waals surface area contributed by atoms with Gasteiger partial charge >= 0.3 is 0 Å². The first-order valence-electron chi connectivity index (χ1n) is 3.96. The van der Waals surface area contributed by atoms with E-state index >= 15 is 0 Å². The molecule has 0 amide bonds. The highest BCUT2D eigenvalue weighted by molar-refractivity contribution is 5.76.